The summed E-state index contributed by atoms with van der Waals surface area (Å²) < 4.78 is 10.8. The Bertz CT molecular complexity index is 816. The number of rotatable bonds is 6. The van der Waals surface area contributed by atoms with Gasteiger partial charge in [0.05, 0.1) is 6.61 Å². The number of thioether (sulfide) groups is 1. The molecule has 2 aromatic rings. The van der Waals surface area contributed by atoms with Crippen LogP contribution in [-0.2, 0) is 9.53 Å². The fraction of sp³-hybridized carbons (Fsp3) is 0.263. The minimum absolute atomic E-state index is 0.0612. The summed E-state index contributed by atoms with van der Waals surface area (Å²) in [4.78, 5) is 25.5. The first kappa shape index (κ1) is 18.7. The maximum atomic E-state index is 12.2. The molecule has 1 aromatic heterocycles. The normalized spacial score (nSPS) is 18.5. The third kappa shape index (κ3) is 4.53. The summed E-state index contributed by atoms with van der Waals surface area (Å²) in [7, 11) is 0. The largest absolute Gasteiger partial charge is 0.466 e. The van der Waals surface area contributed by atoms with Gasteiger partial charge in [-0.3, -0.25) is 9.59 Å². The monoisotopic (exact) mass is 389 g/mol. The molecule has 136 valence electrons. The second-order valence-electron chi connectivity index (χ2n) is 5.74. The van der Waals surface area contributed by atoms with Crippen molar-refractivity contribution < 1.29 is 18.7 Å². The van der Waals surface area contributed by atoms with E-state index in [0.717, 1.165) is 28.0 Å². The summed E-state index contributed by atoms with van der Waals surface area (Å²) in [5, 5.41) is -0.385. The smallest absolute Gasteiger partial charge is 0.302 e. The maximum absolute atomic E-state index is 12.2. The molecule has 0 saturated carbocycles. The van der Waals surface area contributed by atoms with E-state index in [4.69, 9.17) is 9.15 Å². The molecular formula is C19H19NO4S2. The van der Waals surface area contributed by atoms with E-state index in [1.165, 1.54) is 6.92 Å². The fourth-order valence-corrected chi connectivity index (χ4v) is 4.02. The summed E-state index contributed by atoms with van der Waals surface area (Å²) >= 11 is 5.71. The minimum atomic E-state index is -0.324. The average molecular weight is 389 g/mol. The molecule has 3 rings (SSSR count). The lowest BCUT2D eigenvalue weighted by Crippen LogP contribution is -2.30. The summed E-state index contributed by atoms with van der Waals surface area (Å²) in [6, 6.07) is 13.6. The Hall–Kier alpha value is -2.12. The van der Waals surface area contributed by atoms with Gasteiger partial charge in [-0.1, -0.05) is 30.3 Å². The van der Waals surface area contributed by atoms with E-state index in [1.54, 1.807) is 4.90 Å². The molecule has 0 N–H and O–H groups in total. The van der Waals surface area contributed by atoms with Gasteiger partial charge >= 0.3 is 5.97 Å². The van der Waals surface area contributed by atoms with Gasteiger partial charge in [0.2, 0.25) is 0 Å². The van der Waals surface area contributed by atoms with Gasteiger partial charge in [-0.25, -0.2) is 0 Å². The number of nitrogens with zero attached hydrogens (tertiary/aromatic N) is 1. The Morgan fingerprint density at radius 2 is 2.08 bits per heavy atom. The Labute approximate surface area is 161 Å². The van der Waals surface area contributed by atoms with Gasteiger partial charge in [0.15, 0.2) is 0 Å². The van der Waals surface area contributed by atoms with Gasteiger partial charge in [-0.2, -0.15) is 0 Å². The molecule has 1 saturated heterocycles. The summed E-state index contributed by atoms with van der Waals surface area (Å²) in [6.45, 7) is 2.15. The van der Waals surface area contributed by atoms with Crippen LogP contribution in [0.15, 0.2) is 51.8 Å². The molecule has 0 radical (unpaired) electrons. The molecule has 1 aromatic carbocycles. The number of esters is 1. The van der Waals surface area contributed by atoms with Crippen molar-refractivity contribution >= 4 is 41.7 Å². The highest BCUT2D eigenvalue weighted by molar-refractivity contribution is 8.18. The van der Waals surface area contributed by atoms with Crippen LogP contribution in [0.25, 0.3) is 17.4 Å². The van der Waals surface area contributed by atoms with Crippen LogP contribution in [-0.4, -0.2) is 34.6 Å². The Balaban J connectivity index is 1.65. The van der Waals surface area contributed by atoms with Crippen molar-refractivity contribution in [2.75, 3.05) is 13.2 Å². The molecule has 7 heteroatoms. The molecule has 1 atom stereocenters. The van der Waals surface area contributed by atoms with Gasteiger partial charge in [-0.15, -0.1) is 12.6 Å². The van der Waals surface area contributed by atoms with Crippen molar-refractivity contribution in [1.82, 2.24) is 4.90 Å². The molecular weight excluding hydrogens is 370 g/mol. The lowest BCUT2D eigenvalue weighted by molar-refractivity contribution is -0.141. The molecule has 1 amide bonds. The molecule has 2 heterocycles. The van der Waals surface area contributed by atoms with Crippen LogP contribution in [0.3, 0.4) is 0 Å². The number of furan rings is 1. The fourth-order valence-electron chi connectivity index (χ4n) is 2.56. The topological polar surface area (TPSA) is 59.8 Å². The molecule has 1 fully saturated rings. The zero-order valence-electron chi connectivity index (χ0n) is 14.3. The summed E-state index contributed by atoms with van der Waals surface area (Å²) in [5.74, 6) is 1.14. The second kappa shape index (κ2) is 8.51. The van der Waals surface area contributed by atoms with Crippen molar-refractivity contribution in [3.63, 3.8) is 0 Å². The number of ether oxygens (including phenoxy) is 1. The van der Waals surface area contributed by atoms with Crippen LogP contribution in [0.4, 0.5) is 4.79 Å². The van der Waals surface area contributed by atoms with Crippen LogP contribution >= 0.6 is 24.4 Å². The number of amides is 1. The lowest BCUT2D eigenvalue weighted by Gasteiger charge is -2.19. The highest BCUT2D eigenvalue weighted by Crippen LogP contribution is 2.38. The summed E-state index contributed by atoms with van der Waals surface area (Å²) in [5.41, 5.74) is 1.00. The maximum Gasteiger partial charge on any atom is 0.302 e. The first-order valence-electron chi connectivity index (χ1n) is 8.21. The van der Waals surface area contributed by atoms with Crippen molar-refractivity contribution in [3.8, 4) is 11.3 Å². The van der Waals surface area contributed by atoms with E-state index >= 15 is 0 Å². The quantitative estimate of drug-likeness (QED) is 0.442. The zero-order valence-corrected chi connectivity index (χ0v) is 16.0. The molecule has 1 unspecified atom stereocenters. The standard InChI is InChI=1S/C19H19NO4S2/c1-13(21)23-11-5-10-20-18(25)17(26-19(20)22)12-15-8-9-16(24-15)14-6-3-2-4-7-14/h2-4,6-9,12,18,25H,5,10-11H2,1H3/b17-12-. The predicted molar refractivity (Wildman–Crippen MR) is 106 cm³/mol. The number of carbonyl (C=O) groups excluding carboxylic acids is 2. The Kier molecular flexibility index (Phi) is 6.11. The van der Waals surface area contributed by atoms with E-state index in [-0.39, 0.29) is 16.6 Å². The average Bonchev–Trinajstić information content (AvgIpc) is 3.19. The summed E-state index contributed by atoms with van der Waals surface area (Å²) in [6.07, 6.45) is 2.42. The zero-order chi connectivity index (χ0) is 18.5. The molecule has 5 nitrogen and oxygen atoms in total. The van der Waals surface area contributed by atoms with Crippen LogP contribution in [0, 0.1) is 0 Å². The molecule has 0 aliphatic carbocycles. The highest BCUT2D eigenvalue weighted by atomic mass is 32.2. The van der Waals surface area contributed by atoms with E-state index in [9.17, 15) is 9.59 Å². The number of benzene rings is 1. The van der Waals surface area contributed by atoms with Crippen LogP contribution in [0.2, 0.25) is 0 Å². The Morgan fingerprint density at radius 1 is 1.31 bits per heavy atom. The van der Waals surface area contributed by atoms with Crippen LogP contribution in [0.1, 0.15) is 19.1 Å². The van der Waals surface area contributed by atoms with Crippen molar-refractivity contribution in [2.45, 2.75) is 18.7 Å². The van der Waals surface area contributed by atoms with E-state index < -0.39 is 0 Å². The number of carbonyl (C=O) groups is 2. The molecule has 26 heavy (non-hydrogen) atoms. The van der Waals surface area contributed by atoms with E-state index in [1.807, 2.05) is 48.5 Å². The first-order valence-corrected chi connectivity index (χ1v) is 9.54. The second-order valence-corrected chi connectivity index (χ2v) is 7.26. The van der Waals surface area contributed by atoms with Crippen LogP contribution < -0.4 is 0 Å². The Morgan fingerprint density at radius 3 is 2.81 bits per heavy atom. The molecule has 1 aliphatic rings. The molecule has 0 spiro atoms. The molecule has 0 bridgehead atoms. The van der Waals surface area contributed by atoms with E-state index in [2.05, 4.69) is 12.6 Å². The first-order chi connectivity index (χ1) is 12.5. The lowest BCUT2D eigenvalue weighted by atomic mass is 10.2. The highest BCUT2D eigenvalue weighted by Gasteiger charge is 2.33. The van der Waals surface area contributed by atoms with Crippen molar-refractivity contribution in [1.29, 1.82) is 0 Å². The van der Waals surface area contributed by atoms with Gasteiger partial charge in [0.1, 0.15) is 16.9 Å². The number of thiol groups is 1. The number of hydrogen-bond acceptors (Lipinski definition) is 6. The van der Waals surface area contributed by atoms with Crippen molar-refractivity contribution in [2.24, 2.45) is 0 Å². The predicted octanol–water partition coefficient (Wildman–Crippen LogP) is 4.67. The van der Waals surface area contributed by atoms with Gasteiger partial charge in [0.25, 0.3) is 5.24 Å². The van der Waals surface area contributed by atoms with Gasteiger partial charge in [-0.05, 0) is 36.4 Å². The van der Waals surface area contributed by atoms with Crippen LogP contribution in [0.5, 0.6) is 0 Å². The number of hydrogen-bond donors (Lipinski definition) is 1. The third-order valence-electron chi connectivity index (χ3n) is 3.81. The SMILES string of the molecule is CC(=O)OCCCN1C(=O)S/C(=C\c2ccc(-c3ccccc3)o2)C1S. The molecule has 1 aliphatic heterocycles. The van der Waals surface area contributed by atoms with E-state index in [0.29, 0.717) is 25.3 Å². The van der Waals surface area contributed by atoms with Gasteiger partial charge in [0, 0.05) is 23.9 Å². The van der Waals surface area contributed by atoms with Crippen molar-refractivity contribution in [3.05, 3.63) is 53.1 Å². The minimum Gasteiger partial charge on any atom is -0.466 e. The third-order valence-corrected chi connectivity index (χ3v) is 5.53. The van der Waals surface area contributed by atoms with Gasteiger partial charge < -0.3 is 14.1 Å².